The van der Waals surface area contributed by atoms with E-state index in [4.69, 9.17) is 45.0 Å². The van der Waals surface area contributed by atoms with E-state index < -0.39 is 19.3 Å². The topological polar surface area (TPSA) is 72.7 Å². The number of aryl methyl sites for hydroxylation is 2. The lowest BCUT2D eigenvalue weighted by molar-refractivity contribution is 0.915. The van der Waals surface area contributed by atoms with Crippen LogP contribution in [0, 0.1) is 13.8 Å². The van der Waals surface area contributed by atoms with Gasteiger partial charge in [0.05, 0.1) is 22.8 Å². The normalized spacial score (nSPS) is 22.5. The Hall–Kier alpha value is 0.270. The Morgan fingerprint density at radius 2 is 1.23 bits per heavy atom. The number of nitrogens with zero attached hydrogens (tertiary/aromatic N) is 7. The van der Waals surface area contributed by atoms with Gasteiger partial charge in [-0.25, -0.2) is 0 Å². The lowest BCUT2D eigenvalue weighted by Crippen LogP contribution is -2.02. The maximum absolute atomic E-state index is 6.26. The molecule has 0 aliphatic carbocycles. The van der Waals surface area contributed by atoms with Crippen molar-refractivity contribution in [2.45, 2.75) is 13.8 Å². The van der Waals surface area contributed by atoms with Crippen molar-refractivity contribution >= 4 is 64.3 Å². The van der Waals surface area contributed by atoms with Crippen molar-refractivity contribution in [3.8, 4) is 11.4 Å². The number of fused-ring (bicyclic) bond motifs is 5. The molecule has 0 N–H and O–H groups in total. The summed E-state index contributed by atoms with van der Waals surface area (Å²) >= 11 is 25.0. The van der Waals surface area contributed by atoms with Gasteiger partial charge in [0.1, 0.15) is 0 Å². The zero-order valence-corrected chi connectivity index (χ0v) is 16.8. The molecule has 2 aromatic heterocycles. The quantitative estimate of drug-likeness (QED) is 0.422. The van der Waals surface area contributed by atoms with Crippen molar-refractivity contribution in [3.05, 3.63) is 23.5 Å². The smallest absolute Gasteiger partial charge is 0.189 e. The summed E-state index contributed by atoms with van der Waals surface area (Å²) in [5.41, 5.74) is 3.35. The first-order valence-electron chi connectivity index (χ1n) is 5.98. The molecule has 2 aliphatic rings. The van der Waals surface area contributed by atoms with Crippen LogP contribution in [0.1, 0.15) is 11.4 Å². The molecule has 4 rings (SSSR count). The fourth-order valence-electron chi connectivity index (χ4n) is 2.44. The fourth-order valence-corrected chi connectivity index (χ4v) is 18.0. The van der Waals surface area contributed by atoms with E-state index in [9.17, 15) is 0 Å². The Bertz CT molecular complexity index is 932. The van der Waals surface area contributed by atoms with E-state index in [1.165, 1.54) is 0 Å². The fraction of sp³-hybridized carbons (Fsp3) is 0.250. The Morgan fingerprint density at radius 3 is 1.68 bits per heavy atom. The molecular weight excluding hydrogens is 429 g/mol. The Morgan fingerprint density at radius 1 is 0.773 bits per heavy atom. The third kappa shape index (κ3) is 2.22. The van der Waals surface area contributed by atoms with Crippen molar-refractivity contribution in [1.82, 2.24) is 19.1 Å². The molecule has 2 aliphatic heterocycles. The molecule has 0 saturated heterocycles. The van der Waals surface area contributed by atoms with Crippen LogP contribution in [0.25, 0.3) is 11.4 Å². The Labute approximate surface area is 145 Å². The van der Waals surface area contributed by atoms with Crippen LogP contribution in [-0.2, 0) is 0 Å². The minimum absolute atomic E-state index is 0.827. The highest BCUT2D eigenvalue weighted by molar-refractivity contribution is 8.20. The Kier molecular flexibility index (Phi) is 3.35. The molecule has 1 spiro atoms. The third-order valence-electron chi connectivity index (χ3n) is 3.07. The second-order valence-corrected chi connectivity index (χ2v) is 17.3. The van der Waals surface area contributed by atoms with Crippen LogP contribution in [0.15, 0.2) is 25.7 Å². The molecule has 0 aromatic carbocycles. The monoisotopic (exact) mass is 435 g/mol. The van der Waals surface area contributed by atoms with E-state index >= 15 is 0 Å². The van der Waals surface area contributed by atoms with Crippen LogP contribution in [0.4, 0.5) is 0 Å². The summed E-state index contributed by atoms with van der Waals surface area (Å²) in [5, 5.41) is 8.99. The molecule has 14 heteroatoms. The van der Waals surface area contributed by atoms with Crippen molar-refractivity contribution in [2.24, 2.45) is 13.5 Å². The molecule has 0 radical (unpaired) electrons. The van der Waals surface area contributed by atoms with Gasteiger partial charge in [0.15, 0.2) is 0 Å². The minimum Gasteiger partial charge on any atom is -0.189 e. The van der Waals surface area contributed by atoms with E-state index in [1.54, 1.807) is 8.90 Å². The number of aromatic nitrogens is 4. The molecule has 118 valence electrons. The van der Waals surface area contributed by atoms with Gasteiger partial charge in [0.25, 0.3) is 11.8 Å². The van der Waals surface area contributed by atoms with E-state index in [0.717, 1.165) is 22.8 Å². The summed E-state index contributed by atoms with van der Waals surface area (Å²) in [6.07, 6.45) is 0. The lowest BCUT2D eigenvalue weighted by Gasteiger charge is -2.24. The highest BCUT2D eigenvalue weighted by atomic mass is 35.9. The van der Waals surface area contributed by atoms with E-state index in [1.807, 2.05) is 26.0 Å². The maximum Gasteiger partial charge on any atom is 0.313 e. The van der Waals surface area contributed by atoms with Crippen molar-refractivity contribution in [2.75, 3.05) is 0 Å². The van der Waals surface area contributed by atoms with Crippen molar-refractivity contribution < 1.29 is 0 Å². The lowest BCUT2D eigenvalue weighted by atomic mass is 10.3. The summed E-state index contributed by atoms with van der Waals surface area (Å²) in [5.74, 6) is -6.10. The number of rotatable bonds is 0. The van der Waals surface area contributed by atoms with Crippen molar-refractivity contribution in [1.29, 1.82) is 0 Å². The number of hydrogen-bond donors (Lipinski definition) is 0. The average molecular weight is 437 g/mol. The van der Waals surface area contributed by atoms with Gasteiger partial charge in [0, 0.05) is 0 Å². The summed E-state index contributed by atoms with van der Waals surface area (Å²) in [4.78, 5) is 0. The van der Waals surface area contributed by atoms with E-state index in [-0.39, 0.29) is 0 Å². The second-order valence-electron chi connectivity index (χ2n) is 4.84. The molecule has 2 aromatic rings. The second kappa shape index (κ2) is 4.67. The van der Waals surface area contributed by atoms with Gasteiger partial charge in [-0.2, -0.15) is 32.6 Å². The third-order valence-corrected chi connectivity index (χ3v) is 14.9. The summed E-state index contributed by atoms with van der Waals surface area (Å²) in [6, 6.07) is 3.87. The average Bonchev–Trinajstić information content (AvgIpc) is 2.92. The first-order valence-corrected chi connectivity index (χ1v) is 14.6. The van der Waals surface area contributed by atoms with Crippen LogP contribution in [-0.4, -0.2) is 19.1 Å². The molecular formula is C8H8Cl4N7P3. The highest BCUT2D eigenvalue weighted by Gasteiger charge is 2.45. The summed E-state index contributed by atoms with van der Waals surface area (Å²) in [6.45, 7) is 3.77. The Balaban J connectivity index is 2.22. The molecule has 0 amide bonds. The van der Waals surface area contributed by atoms with Crippen LogP contribution >= 0.6 is 64.3 Å². The summed E-state index contributed by atoms with van der Waals surface area (Å²) < 4.78 is 16.5. The first kappa shape index (κ1) is 15.8. The van der Waals surface area contributed by atoms with Gasteiger partial charge < -0.3 is 0 Å². The number of hydrogen-bond acceptors (Lipinski definition) is 5. The van der Waals surface area contributed by atoms with Gasteiger partial charge in [-0.3, -0.25) is 0 Å². The zero-order valence-electron chi connectivity index (χ0n) is 11.1. The molecule has 0 unspecified atom stereocenters. The molecule has 0 bridgehead atoms. The van der Waals surface area contributed by atoms with Crippen LogP contribution in [0.3, 0.4) is 0 Å². The van der Waals surface area contributed by atoms with Gasteiger partial charge in [0.2, 0.25) is 0 Å². The maximum atomic E-state index is 6.26. The largest absolute Gasteiger partial charge is 0.313 e. The van der Waals surface area contributed by atoms with Gasteiger partial charge in [-0.15, -0.1) is 0 Å². The van der Waals surface area contributed by atoms with Gasteiger partial charge >= 0.3 is 7.51 Å². The SMILES string of the molecule is Cc1cc2n(n1)P1(=NP(Cl)(Cl)=NP(Cl)(Cl)=N1)n1nc(C)cc1-2. The first-order chi connectivity index (χ1) is 10.1. The summed E-state index contributed by atoms with van der Waals surface area (Å²) in [7, 11) is -2.88. The van der Waals surface area contributed by atoms with Crippen LogP contribution < -0.4 is 0 Å². The van der Waals surface area contributed by atoms with Gasteiger partial charge in [-0.1, -0.05) is 0 Å². The van der Waals surface area contributed by atoms with E-state index in [2.05, 4.69) is 23.7 Å². The molecule has 0 saturated carbocycles. The van der Waals surface area contributed by atoms with Crippen LogP contribution in [0.2, 0.25) is 0 Å². The molecule has 4 heterocycles. The molecule has 7 nitrogen and oxygen atoms in total. The van der Waals surface area contributed by atoms with Crippen molar-refractivity contribution in [3.63, 3.8) is 0 Å². The highest BCUT2D eigenvalue weighted by Crippen LogP contribution is 2.86. The van der Waals surface area contributed by atoms with E-state index in [0.29, 0.717) is 0 Å². The minimum atomic E-state index is -3.05. The predicted molar refractivity (Wildman–Crippen MR) is 95.2 cm³/mol. The standard InChI is InChI=1S/C8H8Cl4N7P3/c1-5-3-7-8-4-6(2)14-19(8)22(18(7)13-5)16-20(9,10)15-21(11,12)17-22/h3-4H,1-2H3. The van der Waals surface area contributed by atoms with Gasteiger partial charge in [-0.05, 0) is 70.9 Å². The predicted octanol–water partition coefficient (Wildman–Crippen LogP) is 6.88. The van der Waals surface area contributed by atoms with Crippen LogP contribution in [0.5, 0.6) is 0 Å². The molecule has 22 heavy (non-hydrogen) atoms. The molecule has 0 fully saturated rings. The zero-order chi connectivity index (χ0) is 15.9. The molecule has 0 atom stereocenters. The number of halogens is 4.